The molecule has 0 spiro atoms. The van der Waals surface area contributed by atoms with Gasteiger partial charge in [0.05, 0.1) is 6.10 Å². The minimum Gasteiger partial charge on any atom is -0.381 e. The number of nitrogens with zero attached hydrogens (tertiary/aromatic N) is 3. The van der Waals surface area contributed by atoms with Gasteiger partial charge in [0.2, 0.25) is 5.95 Å². The van der Waals surface area contributed by atoms with Crippen molar-refractivity contribution in [1.82, 2.24) is 9.97 Å². The molecule has 2 fully saturated rings. The number of hydrogen-bond acceptors (Lipinski definition) is 4. The van der Waals surface area contributed by atoms with Crippen molar-refractivity contribution in [3.8, 4) is 0 Å². The largest absolute Gasteiger partial charge is 0.381 e. The number of ether oxygens (including phenoxy) is 1. The summed E-state index contributed by atoms with van der Waals surface area (Å²) in [5, 5.41) is 0. The minimum atomic E-state index is 0.421. The summed E-state index contributed by atoms with van der Waals surface area (Å²) in [7, 11) is 1.83. The first-order valence-corrected chi connectivity index (χ1v) is 6.81. The highest BCUT2D eigenvalue weighted by Gasteiger charge is 2.42. The van der Waals surface area contributed by atoms with Crippen molar-refractivity contribution in [2.24, 2.45) is 0 Å². The molecule has 98 valence electrons. The fourth-order valence-corrected chi connectivity index (χ4v) is 3.47. The third kappa shape index (κ3) is 1.99. The predicted molar refractivity (Wildman–Crippen MR) is 70.8 cm³/mol. The van der Waals surface area contributed by atoms with Crippen LogP contribution in [0.25, 0.3) is 0 Å². The third-order valence-corrected chi connectivity index (χ3v) is 4.22. The Balaban J connectivity index is 1.89. The fourth-order valence-electron chi connectivity index (χ4n) is 3.47. The number of rotatable bonds is 2. The lowest BCUT2D eigenvalue weighted by atomic mass is 10.0. The molecule has 2 aliphatic rings. The second kappa shape index (κ2) is 4.50. The summed E-state index contributed by atoms with van der Waals surface area (Å²) in [6, 6.07) is 3.16. The molecule has 2 saturated heterocycles. The van der Waals surface area contributed by atoms with Gasteiger partial charge in [-0.3, -0.25) is 0 Å². The molecule has 18 heavy (non-hydrogen) atoms. The van der Waals surface area contributed by atoms with E-state index in [1.165, 1.54) is 12.8 Å². The molecule has 0 saturated carbocycles. The molecular formula is C14H21N3O. The van der Waals surface area contributed by atoms with E-state index in [0.717, 1.165) is 30.2 Å². The number of piperidine rings is 1. The average molecular weight is 247 g/mol. The van der Waals surface area contributed by atoms with Gasteiger partial charge in [0.25, 0.3) is 0 Å². The summed E-state index contributed by atoms with van der Waals surface area (Å²) in [4.78, 5) is 11.7. The second-order valence-electron chi connectivity index (χ2n) is 5.57. The van der Waals surface area contributed by atoms with Gasteiger partial charge in [-0.05, 0) is 45.6 Å². The summed E-state index contributed by atoms with van der Waals surface area (Å²) in [6.45, 7) is 4.09. The first kappa shape index (κ1) is 11.9. The SMILES string of the molecule is COC1C[C@H]2CC[C@@H](C1)N2c1nc(C)cc(C)n1. The standard InChI is InChI=1S/C14H21N3O/c1-9-6-10(2)16-14(15-9)17-11-4-5-12(17)8-13(7-11)18-3/h6,11-13H,4-5,7-8H2,1-3H3/t11-,12+,13?. The van der Waals surface area contributed by atoms with Gasteiger partial charge in [-0.1, -0.05) is 0 Å². The maximum Gasteiger partial charge on any atom is 0.226 e. The smallest absolute Gasteiger partial charge is 0.226 e. The fraction of sp³-hybridized carbons (Fsp3) is 0.714. The van der Waals surface area contributed by atoms with Crippen molar-refractivity contribution in [3.63, 3.8) is 0 Å². The van der Waals surface area contributed by atoms with Gasteiger partial charge in [0.1, 0.15) is 0 Å². The lowest BCUT2D eigenvalue weighted by Gasteiger charge is -2.38. The van der Waals surface area contributed by atoms with Gasteiger partial charge < -0.3 is 9.64 Å². The Morgan fingerprint density at radius 1 is 1.11 bits per heavy atom. The highest BCUT2D eigenvalue weighted by Crippen LogP contribution is 2.38. The molecule has 4 nitrogen and oxygen atoms in total. The minimum absolute atomic E-state index is 0.421. The molecule has 1 aromatic heterocycles. The van der Waals surface area contributed by atoms with E-state index >= 15 is 0 Å². The highest BCUT2D eigenvalue weighted by atomic mass is 16.5. The zero-order chi connectivity index (χ0) is 12.7. The van der Waals surface area contributed by atoms with Crippen LogP contribution in [0.3, 0.4) is 0 Å². The molecule has 3 rings (SSSR count). The van der Waals surface area contributed by atoms with E-state index in [1.807, 2.05) is 27.0 Å². The molecule has 0 amide bonds. The summed E-state index contributed by atoms with van der Waals surface area (Å²) in [5.41, 5.74) is 2.12. The van der Waals surface area contributed by atoms with Gasteiger partial charge in [-0.2, -0.15) is 0 Å². The van der Waals surface area contributed by atoms with Crippen LogP contribution >= 0.6 is 0 Å². The molecule has 4 heteroatoms. The van der Waals surface area contributed by atoms with Crippen LogP contribution in [0.2, 0.25) is 0 Å². The van der Waals surface area contributed by atoms with Gasteiger partial charge in [-0.25, -0.2) is 9.97 Å². The molecule has 3 heterocycles. The van der Waals surface area contributed by atoms with E-state index in [0.29, 0.717) is 18.2 Å². The highest BCUT2D eigenvalue weighted by molar-refractivity contribution is 5.39. The van der Waals surface area contributed by atoms with E-state index in [-0.39, 0.29) is 0 Å². The monoisotopic (exact) mass is 247 g/mol. The second-order valence-corrected chi connectivity index (χ2v) is 5.57. The maximum atomic E-state index is 5.54. The molecule has 3 atom stereocenters. The van der Waals surface area contributed by atoms with Crippen LogP contribution in [-0.2, 0) is 4.74 Å². The number of aromatic nitrogens is 2. The van der Waals surface area contributed by atoms with E-state index in [1.54, 1.807) is 0 Å². The predicted octanol–water partition coefficient (Wildman–Crippen LogP) is 2.24. The summed E-state index contributed by atoms with van der Waals surface area (Å²) in [5.74, 6) is 0.926. The molecular weight excluding hydrogens is 226 g/mol. The Morgan fingerprint density at radius 3 is 2.17 bits per heavy atom. The number of aryl methyl sites for hydroxylation is 2. The van der Waals surface area contributed by atoms with Crippen molar-refractivity contribution in [2.45, 2.75) is 57.7 Å². The van der Waals surface area contributed by atoms with Gasteiger partial charge in [0.15, 0.2) is 0 Å². The van der Waals surface area contributed by atoms with Crippen LogP contribution in [0.15, 0.2) is 6.07 Å². The Labute approximate surface area is 108 Å². The molecule has 2 bridgehead atoms. The number of methoxy groups -OCH3 is 1. The number of fused-ring (bicyclic) bond motifs is 2. The average Bonchev–Trinajstić information content (AvgIpc) is 2.59. The van der Waals surface area contributed by atoms with Crippen molar-refractivity contribution in [2.75, 3.05) is 12.0 Å². The van der Waals surface area contributed by atoms with Crippen LogP contribution in [-0.4, -0.2) is 35.3 Å². The molecule has 0 aliphatic carbocycles. The van der Waals surface area contributed by atoms with Crippen LogP contribution < -0.4 is 4.90 Å². The number of hydrogen-bond donors (Lipinski definition) is 0. The molecule has 0 radical (unpaired) electrons. The zero-order valence-electron chi connectivity index (χ0n) is 11.4. The maximum absolute atomic E-state index is 5.54. The van der Waals surface area contributed by atoms with Gasteiger partial charge >= 0.3 is 0 Å². The lowest BCUT2D eigenvalue weighted by Crippen LogP contribution is -2.46. The van der Waals surface area contributed by atoms with Crippen LogP contribution in [0, 0.1) is 13.8 Å². The summed E-state index contributed by atoms with van der Waals surface area (Å²) >= 11 is 0. The van der Waals surface area contributed by atoms with Crippen LogP contribution in [0.5, 0.6) is 0 Å². The van der Waals surface area contributed by atoms with E-state index in [2.05, 4.69) is 14.9 Å². The van der Waals surface area contributed by atoms with Gasteiger partial charge in [0, 0.05) is 30.6 Å². The zero-order valence-corrected chi connectivity index (χ0v) is 11.4. The molecule has 1 unspecified atom stereocenters. The van der Waals surface area contributed by atoms with Crippen molar-refractivity contribution >= 4 is 5.95 Å². The Hall–Kier alpha value is -1.16. The Kier molecular flexibility index (Phi) is 2.98. The molecule has 2 aliphatic heterocycles. The van der Waals surface area contributed by atoms with Crippen molar-refractivity contribution in [3.05, 3.63) is 17.5 Å². The third-order valence-electron chi connectivity index (χ3n) is 4.22. The van der Waals surface area contributed by atoms with Crippen LogP contribution in [0.4, 0.5) is 5.95 Å². The normalized spacial score (nSPS) is 30.8. The Bertz CT molecular complexity index is 414. The number of anilines is 1. The van der Waals surface area contributed by atoms with Crippen LogP contribution in [0.1, 0.15) is 37.1 Å². The summed E-state index contributed by atoms with van der Waals surface area (Å²) in [6.07, 6.45) is 5.15. The molecule has 1 aromatic rings. The van der Waals surface area contributed by atoms with E-state index < -0.39 is 0 Å². The van der Waals surface area contributed by atoms with Crippen molar-refractivity contribution < 1.29 is 4.74 Å². The topological polar surface area (TPSA) is 38.2 Å². The summed E-state index contributed by atoms with van der Waals surface area (Å²) < 4.78 is 5.54. The van der Waals surface area contributed by atoms with Gasteiger partial charge in [-0.15, -0.1) is 0 Å². The lowest BCUT2D eigenvalue weighted by molar-refractivity contribution is 0.0680. The molecule has 0 N–H and O–H groups in total. The van der Waals surface area contributed by atoms with Crippen molar-refractivity contribution in [1.29, 1.82) is 0 Å². The molecule has 0 aromatic carbocycles. The first-order chi connectivity index (χ1) is 8.67. The Morgan fingerprint density at radius 2 is 1.67 bits per heavy atom. The first-order valence-electron chi connectivity index (χ1n) is 6.81. The quantitative estimate of drug-likeness (QED) is 0.803. The van der Waals surface area contributed by atoms with E-state index in [9.17, 15) is 0 Å². The van der Waals surface area contributed by atoms with E-state index in [4.69, 9.17) is 4.74 Å².